The molecule has 2 rings (SSSR count). The molecule has 2 heterocycles. The highest BCUT2D eigenvalue weighted by atomic mass is 32.1. The Hall–Kier alpha value is -0.650. The van der Waals surface area contributed by atoms with E-state index in [9.17, 15) is 5.11 Å². The van der Waals surface area contributed by atoms with E-state index in [0.717, 1.165) is 12.2 Å². The molecule has 4 nitrogen and oxygen atoms in total. The molecular weight excluding hydrogens is 222 g/mol. The third-order valence-electron chi connectivity index (χ3n) is 3.21. The number of aliphatic hydroxyl groups is 1. The van der Waals surface area contributed by atoms with Gasteiger partial charge < -0.3 is 19.6 Å². The average molecular weight is 241 g/mol. The molecule has 0 amide bonds. The zero-order valence-corrected chi connectivity index (χ0v) is 10.5. The Labute approximate surface area is 101 Å². The summed E-state index contributed by atoms with van der Waals surface area (Å²) in [4.78, 5) is 5.45. The summed E-state index contributed by atoms with van der Waals surface area (Å²) in [5.74, 6) is 0. The number of aromatic amines is 1. The van der Waals surface area contributed by atoms with Gasteiger partial charge in [0.2, 0.25) is 0 Å². The van der Waals surface area contributed by atoms with E-state index in [2.05, 4.69) is 16.8 Å². The molecule has 2 N–H and O–H groups in total. The second-order valence-electron chi connectivity index (χ2n) is 4.47. The topological polar surface area (TPSA) is 44.2 Å². The van der Waals surface area contributed by atoms with E-state index in [1.807, 2.05) is 4.57 Å². The monoisotopic (exact) mass is 241 g/mol. The van der Waals surface area contributed by atoms with Gasteiger partial charge in [-0.25, -0.2) is 0 Å². The fourth-order valence-corrected chi connectivity index (χ4v) is 2.80. The van der Waals surface area contributed by atoms with E-state index in [0.29, 0.717) is 10.8 Å². The van der Waals surface area contributed by atoms with Crippen LogP contribution >= 0.6 is 12.2 Å². The van der Waals surface area contributed by atoms with Crippen LogP contribution in [-0.2, 0) is 6.61 Å². The molecule has 1 fully saturated rings. The number of likely N-dealkylation sites (tertiary alicyclic amines) is 1. The van der Waals surface area contributed by atoms with E-state index in [4.69, 9.17) is 12.2 Å². The van der Waals surface area contributed by atoms with Crippen molar-refractivity contribution >= 4 is 12.2 Å². The van der Waals surface area contributed by atoms with Gasteiger partial charge in [0.15, 0.2) is 4.77 Å². The Bertz CT molecular complexity index is 392. The normalized spacial score (nSPS) is 19.1. The maximum Gasteiger partial charge on any atom is 0.177 e. The molecule has 1 aliphatic heterocycles. The molecular formula is C11H19N3OS. The molecule has 16 heavy (non-hydrogen) atoms. The van der Waals surface area contributed by atoms with Crippen molar-refractivity contribution in [3.05, 3.63) is 16.7 Å². The number of nitrogens with one attached hydrogen (secondary N) is 1. The van der Waals surface area contributed by atoms with Gasteiger partial charge in [-0.1, -0.05) is 0 Å². The van der Waals surface area contributed by atoms with Crippen molar-refractivity contribution < 1.29 is 5.11 Å². The minimum absolute atomic E-state index is 0.0392. The van der Waals surface area contributed by atoms with Gasteiger partial charge in [-0.2, -0.15) is 0 Å². The first-order valence-electron chi connectivity index (χ1n) is 5.84. The van der Waals surface area contributed by atoms with Crippen LogP contribution in [0.3, 0.4) is 0 Å². The smallest absolute Gasteiger partial charge is 0.177 e. The minimum Gasteiger partial charge on any atom is -0.390 e. The average Bonchev–Trinajstić information content (AvgIpc) is 2.87. The second kappa shape index (κ2) is 5.12. The molecule has 1 unspecified atom stereocenters. The minimum atomic E-state index is 0.0392. The lowest BCUT2D eigenvalue weighted by Crippen LogP contribution is -2.27. The van der Waals surface area contributed by atoms with E-state index in [1.54, 1.807) is 6.20 Å². The molecule has 0 radical (unpaired) electrons. The van der Waals surface area contributed by atoms with Gasteiger partial charge in [0.1, 0.15) is 0 Å². The lowest BCUT2D eigenvalue weighted by molar-refractivity contribution is 0.249. The molecule has 1 aliphatic rings. The molecule has 1 saturated heterocycles. The van der Waals surface area contributed by atoms with Gasteiger partial charge in [0.25, 0.3) is 0 Å². The molecule has 0 aromatic carbocycles. The zero-order chi connectivity index (χ0) is 11.5. The molecule has 1 aromatic rings. The van der Waals surface area contributed by atoms with Crippen LogP contribution in [-0.4, -0.2) is 39.2 Å². The number of aliphatic hydroxyl groups excluding tert-OH is 1. The standard InChI is InChI=1S/C11H19N3OS/c1-9(7-13-4-2-3-5-13)14-10(8-15)6-12-11(14)16/h6,9,15H,2-5,7-8H2,1H3,(H,12,16). The summed E-state index contributed by atoms with van der Waals surface area (Å²) in [5.41, 5.74) is 0.872. The summed E-state index contributed by atoms with van der Waals surface area (Å²) < 4.78 is 2.73. The molecule has 0 saturated carbocycles. The van der Waals surface area contributed by atoms with Crippen LogP contribution in [0.4, 0.5) is 0 Å². The summed E-state index contributed by atoms with van der Waals surface area (Å²) in [6.45, 7) is 5.59. The molecule has 0 aliphatic carbocycles. The van der Waals surface area contributed by atoms with Gasteiger partial charge in [-0.3, -0.25) is 0 Å². The van der Waals surface area contributed by atoms with Crippen molar-refractivity contribution in [1.82, 2.24) is 14.5 Å². The third kappa shape index (κ3) is 2.36. The van der Waals surface area contributed by atoms with Crippen molar-refractivity contribution in [3.8, 4) is 0 Å². The Morgan fingerprint density at radius 2 is 2.19 bits per heavy atom. The molecule has 1 aromatic heterocycles. The van der Waals surface area contributed by atoms with Crippen LogP contribution in [0.25, 0.3) is 0 Å². The van der Waals surface area contributed by atoms with Gasteiger partial charge >= 0.3 is 0 Å². The van der Waals surface area contributed by atoms with Crippen molar-refractivity contribution in [3.63, 3.8) is 0 Å². The van der Waals surface area contributed by atoms with Crippen molar-refractivity contribution in [2.45, 2.75) is 32.4 Å². The van der Waals surface area contributed by atoms with E-state index in [1.165, 1.54) is 25.9 Å². The molecule has 90 valence electrons. The number of aromatic nitrogens is 2. The van der Waals surface area contributed by atoms with Crippen LogP contribution in [0.5, 0.6) is 0 Å². The van der Waals surface area contributed by atoms with Crippen molar-refractivity contribution in [2.75, 3.05) is 19.6 Å². The summed E-state index contributed by atoms with van der Waals surface area (Å²) in [6.07, 6.45) is 4.40. The number of hydrogen-bond acceptors (Lipinski definition) is 3. The fourth-order valence-electron chi connectivity index (χ4n) is 2.44. The first-order chi connectivity index (χ1) is 7.72. The lowest BCUT2D eigenvalue weighted by atomic mass is 10.3. The Morgan fingerprint density at radius 1 is 1.50 bits per heavy atom. The largest absolute Gasteiger partial charge is 0.390 e. The van der Waals surface area contributed by atoms with Gasteiger partial charge in [-0.15, -0.1) is 0 Å². The predicted octanol–water partition coefficient (Wildman–Crippen LogP) is 1.69. The number of H-pyrrole nitrogens is 1. The zero-order valence-electron chi connectivity index (χ0n) is 9.65. The lowest BCUT2D eigenvalue weighted by Gasteiger charge is -2.22. The highest BCUT2D eigenvalue weighted by Crippen LogP contribution is 2.16. The molecule has 1 atom stereocenters. The van der Waals surface area contributed by atoms with Crippen LogP contribution in [0.1, 0.15) is 31.5 Å². The van der Waals surface area contributed by atoms with Gasteiger partial charge in [0, 0.05) is 18.8 Å². The first-order valence-corrected chi connectivity index (χ1v) is 6.25. The number of nitrogens with zero attached hydrogens (tertiary/aromatic N) is 2. The summed E-state index contributed by atoms with van der Waals surface area (Å²) >= 11 is 5.23. The summed E-state index contributed by atoms with van der Waals surface area (Å²) in [7, 11) is 0. The maximum atomic E-state index is 9.24. The van der Waals surface area contributed by atoms with Crippen LogP contribution in [0.2, 0.25) is 0 Å². The van der Waals surface area contributed by atoms with Crippen LogP contribution in [0.15, 0.2) is 6.20 Å². The van der Waals surface area contributed by atoms with Gasteiger partial charge in [0.05, 0.1) is 12.3 Å². The number of rotatable bonds is 4. The fraction of sp³-hybridized carbons (Fsp3) is 0.727. The third-order valence-corrected chi connectivity index (χ3v) is 3.53. The second-order valence-corrected chi connectivity index (χ2v) is 4.86. The van der Waals surface area contributed by atoms with E-state index < -0.39 is 0 Å². The number of hydrogen-bond donors (Lipinski definition) is 2. The van der Waals surface area contributed by atoms with Gasteiger partial charge in [-0.05, 0) is 45.1 Å². The van der Waals surface area contributed by atoms with E-state index in [-0.39, 0.29) is 6.61 Å². The Morgan fingerprint density at radius 3 is 2.81 bits per heavy atom. The van der Waals surface area contributed by atoms with Crippen molar-refractivity contribution in [1.29, 1.82) is 0 Å². The quantitative estimate of drug-likeness (QED) is 0.789. The maximum absolute atomic E-state index is 9.24. The van der Waals surface area contributed by atoms with E-state index >= 15 is 0 Å². The SMILES string of the molecule is CC(CN1CCCC1)n1c(CO)c[nH]c1=S. The first kappa shape index (κ1) is 11.8. The highest BCUT2D eigenvalue weighted by molar-refractivity contribution is 7.71. The predicted molar refractivity (Wildman–Crippen MR) is 65.9 cm³/mol. The van der Waals surface area contributed by atoms with Crippen molar-refractivity contribution in [2.24, 2.45) is 0 Å². The number of imidazole rings is 1. The highest BCUT2D eigenvalue weighted by Gasteiger charge is 2.17. The summed E-state index contributed by atoms with van der Waals surface area (Å²) in [6, 6.07) is 0.319. The Balaban J connectivity index is 2.09. The summed E-state index contributed by atoms with van der Waals surface area (Å²) in [5, 5.41) is 9.24. The van der Waals surface area contributed by atoms with Crippen LogP contribution in [0, 0.1) is 4.77 Å². The molecule has 5 heteroatoms. The van der Waals surface area contributed by atoms with Crippen LogP contribution < -0.4 is 0 Å². The molecule has 0 spiro atoms. The molecule has 0 bridgehead atoms. The Kier molecular flexibility index (Phi) is 3.78.